The smallest absolute Gasteiger partial charge is 0.419 e. The first kappa shape index (κ1) is 18.5. The number of halogens is 3. The third-order valence-electron chi connectivity index (χ3n) is 2.68. The highest BCUT2D eigenvalue weighted by Crippen LogP contribution is 2.37. The number of aromatic amines is 1. The van der Waals surface area contributed by atoms with E-state index in [1.165, 1.54) is 13.8 Å². The summed E-state index contributed by atoms with van der Waals surface area (Å²) in [7, 11) is 0. The van der Waals surface area contributed by atoms with E-state index in [4.69, 9.17) is 5.11 Å². The summed E-state index contributed by atoms with van der Waals surface area (Å²) < 4.78 is 48.6. The zero-order valence-electron chi connectivity index (χ0n) is 12.2. The number of ether oxygens (including phenoxy) is 2. The first-order valence-electron chi connectivity index (χ1n) is 6.51. The maximum Gasteiger partial charge on any atom is 0.419 e. The molecule has 0 unspecified atom stereocenters. The molecule has 0 radical (unpaired) electrons. The first-order chi connectivity index (χ1) is 10.6. The van der Waals surface area contributed by atoms with Crippen LogP contribution in [0.3, 0.4) is 0 Å². The average molecular weight is 337 g/mol. The minimum Gasteiger partial charge on any atom is -0.477 e. The maximum atomic E-state index is 13.2. The SMILES string of the molecule is CCOC(=O)Cc1[nH]c(C(=O)O)c(C(F)(F)F)c1C(=O)OCC. The van der Waals surface area contributed by atoms with Gasteiger partial charge in [0.15, 0.2) is 0 Å². The second-order valence-electron chi connectivity index (χ2n) is 4.23. The molecule has 128 valence electrons. The fraction of sp³-hybridized carbons (Fsp3) is 0.462. The lowest BCUT2D eigenvalue weighted by atomic mass is 10.1. The van der Waals surface area contributed by atoms with Gasteiger partial charge in [0.1, 0.15) is 11.3 Å². The zero-order valence-corrected chi connectivity index (χ0v) is 12.2. The summed E-state index contributed by atoms with van der Waals surface area (Å²) in [5.41, 5.74) is -4.46. The lowest BCUT2D eigenvalue weighted by molar-refractivity contribution is -0.142. The van der Waals surface area contributed by atoms with Gasteiger partial charge in [0.05, 0.1) is 25.2 Å². The van der Waals surface area contributed by atoms with Crippen LogP contribution < -0.4 is 0 Å². The molecule has 0 bridgehead atoms. The number of rotatable bonds is 6. The number of aromatic nitrogens is 1. The molecule has 2 N–H and O–H groups in total. The predicted octanol–water partition coefficient (Wildman–Crippen LogP) is 2.01. The molecular formula is C13H14F3NO6. The van der Waals surface area contributed by atoms with Crippen molar-refractivity contribution >= 4 is 17.9 Å². The number of hydrogen-bond donors (Lipinski definition) is 2. The van der Waals surface area contributed by atoms with Crippen molar-refractivity contribution in [1.29, 1.82) is 0 Å². The van der Waals surface area contributed by atoms with Crippen molar-refractivity contribution in [1.82, 2.24) is 4.98 Å². The van der Waals surface area contributed by atoms with Crippen LogP contribution in [0, 0.1) is 0 Å². The lowest BCUT2D eigenvalue weighted by Crippen LogP contribution is -2.18. The molecule has 0 aliphatic carbocycles. The Bertz CT molecular complexity index is 620. The second-order valence-corrected chi connectivity index (χ2v) is 4.23. The molecule has 0 fully saturated rings. The van der Waals surface area contributed by atoms with Gasteiger partial charge < -0.3 is 19.6 Å². The normalized spacial score (nSPS) is 11.2. The van der Waals surface area contributed by atoms with Crippen LogP contribution >= 0.6 is 0 Å². The second kappa shape index (κ2) is 7.16. The third kappa shape index (κ3) is 4.24. The topological polar surface area (TPSA) is 106 Å². The average Bonchev–Trinajstić information content (AvgIpc) is 2.78. The Labute approximate surface area is 128 Å². The molecule has 0 saturated carbocycles. The molecule has 0 saturated heterocycles. The van der Waals surface area contributed by atoms with Crippen molar-refractivity contribution in [3.05, 3.63) is 22.5 Å². The number of hydrogen-bond acceptors (Lipinski definition) is 5. The molecule has 1 heterocycles. The van der Waals surface area contributed by atoms with Crippen molar-refractivity contribution in [3.8, 4) is 0 Å². The van der Waals surface area contributed by atoms with Gasteiger partial charge in [0, 0.05) is 5.69 Å². The Morgan fingerprint density at radius 1 is 1.13 bits per heavy atom. The number of carbonyl (C=O) groups excluding carboxylic acids is 2. The van der Waals surface area contributed by atoms with Gasteiger partial charge in [-0.05, 0) is 13.8 Å². The van der Waals surface area contributed by atoms with E-state index in [0.717, 1.165) is 0 Å². The first-order valence-corrected chi connectivity index (χ1v) is 6.51. The largest absolute Gasteiger partial charge is 0.477 e. The van der Waals surface area contributed by atoms with Gasteiger partial charge >= 0.3 is 24.1 Å². The molecule has 0 aromatic carbocycles. The number of aromatic carboxylic acids is 1. The van der Waals surface area contributed by atoms with Crippen molar-refractivity contribution < 1.29 is 42.1 Å². The van der Waals surface area contributed by atoms with Gasteiger partial charge in [0.25, 0.3) is 0 Å². The van der Waals surface area contributed by atoms with E-state index in [-0.39, 0.29) is 13.2 Å². The number of esters is 2. The van der Waals surface area contributed by atoms with E-state index in [0.29, 0.717) is 0 Å². The number of carbonyl (C=O) groups is 3. The lowest BCUT2D eigenvalue weighted by Gasteiger charge is -2.10. The highest BCUT2D eigenvalue weighted by Gasteiger charge is 2.44. The summed E-state index contributed by atoms with van der Waals surface area (Å²) in [5.74, 6) is -4.20. The van der Waals surface area contributed by atoms with Crippen LogP contribution in [0.4, 0.5) is 13.2 Å². The molecule has 10 heteroatoms. The summed E-state index contributed by atoms with van der Waals surface area (Å²) in [6.07, 6.45) is -5.85. The summed E-state index contributed by atoms with van der Waals surface area (Å²) in [4.78, 5) is 36.3. The molecule has 0 amide bonds. The molecule has 7 nitrogen and oxygen atoms in total. The van der Waals surface area contributed by atoms with Crippen LogP contribution in [0.2, 0.25) is 0 Å². The van der Waals surface area contributed by atoms with E-state index >= 15 is 0 Å². The Morgan fingerprint density at radius 2 is 1.70 bits per heavy atom. The van der Waals surface area contributed by atoms with E-state index in [1.54, 1.807) is 0 Å². The van der Waals surface area contributed by atoms with Crippen molar-refractivity contribution in [3.63, 3.8) is 0 Å². The fourth-order valence-corrected chi connectivity index (χ4v) is 1.91. The van der Waals surface area contributed by atoms with Crippen LogP contribution in [0.5, 0.6) is 0 Å². The molecule has 1 rings (SSSR count). The molecule has 23 heavy (non-hydrogen) atoms. The monoisotopic (exact) mass is 337 g/mol. The molecule has 1 aromatic heterocycles. The number of carboxylic acid groups (broad SMARTS) is 1. The van der Waals surface area contributed by atoms with Gasteiger partial charge in [0.2, 0.25) is 0 Å². The van der Waals surface area contributed by atoms with Gasteiger partial charge in [-0.3, -0.25) is 4.79 Å². The molecule has 0 spiro atoms. The summed E-state index contributed by atoms with van der Waals surface area (Å²) >= 11 is 0. The Morgan fingerprint density at radius 3 is 2.13 bits per heavy atom. The van der Waals surface area contributed by atoms with Crippen molar-refractivity contribution in [2.45, 2.75) is 26.4 Å². The molecule has 0 aliphatic rings. The Kier molecular flexibility index (Phi) is 5.77. The van der Waals surface area contributed by atoms with E-state index in [2.05, 4.69) is 9.47 Å². The number of H-pyrrole nitrogens is 1. The van der Waals surface area contributed by atoms with Crippen LogP contribution in [-0.2, 0) is 26.9 Å². The van der Waals surface area contributed by atoms with Crippen LogP contribution in [0.15, 0.2) is 0 Å². The maximum absolute atomic E-state index is 13.2. The summed E-state index contributed by atoms with van der Waals surface area (Å²) in [6, 6.07) is 0. The van der Waals surface area contributed by atoms with Crippen molar-refractivity contribution in [2.75, 3.05) is 13.2 Å². The van der Waals surface area contributed by atoms with Crippen molar-refractivity contribution in [2.24, 2.45) is 0 Å². The van der Waals surface area contributed by atoms with E-state index < -0.39 is 53.0 Å². The molecule has 1 aromatic rings. The Balaban J connectivity index is 3.52. The van der Waals surface area contributed by atoms with Gasteiger partial charge in [-0.1, -0.05) is 0 Å². The highest BCUT2D eigenvalue weighted by atomic mass is 19.4. The van der Waals surface area contributed by atoms with Gasteiger partial charge in [-0.2, -0.15) is 13.2 Å². The third-order valence-corrected chi connectivity index (χ3v) is 2.68. The number of nitrogens with one attached hydrogen (secondary N) is 1. The summed E-state index contributed by atoms with van der Waals surface area (Å²) in [6.45, 7) is 2.62. The van der Waals surface area contributed by atoms with Gasteiger partial charge in [-0.15, -0.1) is 0 Å². The van der Waals surface area contributed by atoms with E-state index in [1.807, 2.05) is 4.98 Å². The van der Waals surface area contributed by atoms with Crippen LogP contribution in [0.1, 0.15) is 46.0 Å². The number of alkyl halides is 3. The fourth-order valence-electron chi connectivity index (χ4n) is 1.91. The standard InChI is InChI=1S/C13H14F3NO6/c1-3-22-7(18)5-6-8(12(21)23-4-2)9(13(14,15)16)10(17-6)11(19)20/h17H,3-5H2,1-2H3,(H,19,20). The van der Waals surface area contributed by atoms with Crippen LogP contribution in [0.25, 0.3) is 0 Å². The minimum atomic E-state index is -5.13. The predicted molar refractivity (Wildman–Crippen MR) is 69.0 cm³/mol. The van der Waals surface area contributed by atoms with E-state index in [9.17, 15) is 27.6 Å². The summed E-state index contributed by atoms with van der Waals surface area (Å²) in [5, 5.41) is 8.92. The zero-order chi connectivity index (χ0) is 17.8. The molecule has 0 aliphatic heterocycles. The molecule has 0 atom stereocenters. The van der Waals surface area contributed by atoms with Gasteiger partial charge in [-0.25, -0.2) is 9.59 Å². The minimum absolute atomic E-state index is 0.0216. The molecular weight excluding hydrogens is 323 g/mol. The number of carboxylic acids is 1. The Hall–Kier alpha value is -2.52. The van der Waals surface area contributed by atoms with Crippen LogP contribution in [-0.4, -0.2) is 41.2 Å². The highest BCUT2D eigenvalue weighted by molar-refractivity contribution is 5.99. The quantitative estimate of drug-likeness (QED) is 0.769.